The summed E-state index contributed by atoms with van der Waals surface area (Å²) in [6.07, 6.45) is 0.548. The molecule has 1 aliphatic heterocycles. The van der Waals surface area contributed by atoms with Crippen LogP contribution in [0.15, 0.2) is 22.6 Å². The Morgan fingerprint density at radius 3 is 2.88 bits per heavy atom. The number of furan rings is 1. The number of nitrogens with zero attached hydrogens (tertiary/aromatic N) is 2. The van der Waals surface area contributed by atoms with Crippen molar-refractivity contribution in [1.29, 1.82) is 0 Å². The van der Waals surface area contributed by atoms with Gasteiger partial charge in [0.2, 0.25) is 0 Å². The first-order valence-corrected chi connectivity index (χ1v) is 8.12. The lowest BCUT2D eigenvalue weighted by molar-refractivity contribution is 0.0231. The second kappa shape index (κ2) is 6.27. The lowest BCUT2D eigenvalue weighted by Gasteiger charge is -2.26. The minimum atomic E-state index is -0.883. The fraction of sp³-hybridized carbons (Fsp3) is 0.471. The maximum absolute atomic E-state index is 12.7. The number of amides is 1. The van der Waals surface area contributed by atoms with Gasteiger partial charge >= 0.3 is 0 Å². The Morgan fingerprint density at radius 2 is 2.21 bits per heavy atom. The molecule has 1 aromatic carbocycles. The molecule has 1 saturated heterocycles. The van der Waals surface area contributed by atoms with Gasteiger partial charge in [0.1, 0.15) is 0 Å². The van der Waals surface area contributed by atoms with Crippen molar-refractivity contribution in [2.24, 2.45) is 0 Å². The van der Waals surface area contributed by atoms with Gasteiger partial charge in [0.15, 0.2) is 17.1 Å². The highest BCUT2D eigenvalue weighted by molar-refractivity contribution is 6.31. The van der Waals surface area contributed by atoms with E-state index in [9.17, 15) is 9.90 Å². The zero-order chi connectivity index (χ0) is 17.5. The van der Waals surface area contributed by atoms with Crippen molar-refractivity contribution in [2.75, 3.05) is 40.8 Å². The Labute approximate surface area is 145 Å². The molecule has 0 spiro atoms. The van der Waals surface area contributed by atoms with Gasteiger partial charge in [-0.3, -0.25) is 4.79 Å². The van der Waals surface area contributed by atoms with Gasteiger partial charge in [-0.1, -0.05) is 11.6 Å². The molecule has 0 radical (unpaired) electrons. The Morgan fingerprint density at radius 1 is 1.46 bits per heavy atom. The molecule has 1 atom stereocenters. The van der Waals surface area contributed by atoms with Crippen LogP contribution in [0.2, 0.25) is 5.02 Å². The predicted octanol–water partition coefficient (Wildman–Crippen LogP) is 2.23. The molecular weight excluding hydrogens is 332 g/mol. The van der Waals surface area contributed by atoms with E-state index in [-0.39, 0.29) is 11.7 Å². The van der Waals surface area contributed by atoms with Gasteiger partial charge in [-0.15, -0.1) is 0 Å². The van der Waals surface area contributed by atoms with E-state index in [0.29, 0.717) is 47.8 Å². The van der Waals surface area contributed by atoms with Crippen LogP contribution < -0.4 is 4.74 Å². The van der Waals surface area contributed by atoms with E-state index in [1.165, 1.54) is 7.11 Å². The lowest BCUT2D eigenvalue weighted by Crippen LogP contribution is -2.43. The van der Waals surface area contributed by atoms with Crippen molar-refractivity contribution in [2.45, 2.75) is 12.0 Å². The molecular formula is C17H21ClN2O4. The first-order chi connectivity index (χ1) is 11.3. The van der Waals surface area contributed by atoms with Crippen molar-refractivity contribution >= 4 is 28.5 Å². The summed E-state index contributed by atoms with van der Waals surface area (Å²) < 4.78 is 11.0. The first-order valence-electron chi connectivity index (χ1n) is 7.75. The van der Waals surface area contributed by atoms with Crippen LogP contribution in [0.3, 0.4) is 0 Å². The second-order valence-corrected chi connectivity index (χ2v) is 7.01. The number of likely N-dealkylation sites (tertiary alicyclic amines) is 1. The fourth-order valence-electron chi connectivity index (χ4n) is 3.25. The number of carbonyl (C=O) groups is 1. The quantitative estimate of drug-likeness (QED) is 0.914. The smallest absolute Gasteiger partial charge is 0.289 e. The van der Waals surface area contributed by atoms with Crippen LogP contribution in [-0.2, 0) is 0 Å². The number of ether oxygens (including phenoxy) is 1. The molecule has 2 heterocycles. The maximum Gasteiger partial charge on any atom is 0.289 e. The molecule has 7 heteroatoms. The third-order valence-electron chi connectivity index (χ3n) is 4.21. The maximum atomic E-state index is 12.7. The van der Waals surface area contributed by atoms with E-state index in [1.807, 2.05) is 19.0 Å². The number of hydrogen-bond donors (Lipinski definition) is 1. The molecule has 0 saturated carbocycles. The Balaban J connectivity index is 1.85. The van der Waals surface area contributed by atoms with Gasteiger partial charge in [-0.05, 0) is 32.6 Å². The van der Waals surface area contributed by atoms with E-state index in [4.69, 9.17) is 20.8 Å². The number of carbonyl (C=O) groups excluding carboxylic acids is 1. The number of methoxy groups -OCH3 is 1. The number of likely N-dealkylation sites (N-methyl/N-ethyl adjacent to an activating group) is 1. The number of aliphatic hydroxyl groups is 1. The van der Waals surface area contributed by atoms with Crippen molar-refractivity contribution in [3.8, 4) is 5.75 Å². The molecule has 6 nitrogen and oxygen atoms in total. The molecule has 0 unspecified atom stereocenters. The van der Waals surface area contributed by atoms with Gasteiger partial charge in [0.05, 0.1) is 19.3 Å². The highest BCUT2D eigenvalue weighted by Crippen LogP contribution is 2.33. The Kier molecular flexibility index (Phi) is 4.46. The average molecular weight is 353 g/mol. The molecule has 3 rings (SSSR count). The number of halogens is 1. The van der Waals surface area contributed by atoms with E-state index >= 15 is 0 Å². The molecule has 1 aromatic heterocycles. The minimum Gasteiger partial charge on any atom is -0.493 e. The average Bonchev–Trinajstić information content (AvgIpc) is 3.08. The normalized spacial score (nSPS) is 21.0. The van der Waals surface area contributed by atoms with Crippen molar-refractivity contribution in [3.63, 3.8) is 0 Å². The number of rotatable bonds is 4. The zero-order valence-electron chi connectivity index (χ0n) is 14.0. The molecule has 1 fully saturated rings. The summed E-state index contributed by atoms with van der Waals surface area (Å²) in [5.41, 5.74) is -0.389. The van der Waals surface area contributed by atoms with Crippen LogP contribution >= 0.6 is 11.6 Å². The third-order valence-corrected chi connectivity index (χ3v) is 4.43. The highest BCUT2D eigenvalue weighted by atomic mass is 35.5. The Bertz CT molecular complexity index is 773. The monoisotopic (exact) mass is 352 g/mol. The highest BCUT2D eigenvalue weighted by Gasteiger charge is 2.39. The topological polar surface area (TPSA) is 66.2 Å². The van der Waals surface area contributed by atoms with E-state index < -0.39 is 5.60 Å². The van der Waals surface area contributed by atoms with Crippen LogP contribution in [0.5, 0.6) is 5.75 Å². The number of benzene rings is 1. The number of β-amino-alcohol motifs (C(OH)–C–C–N with tert-alkyl or cyclic N) is 1. The Hall–Kier alpha value is -1.76. The van der Waals surface area contributed by atoms with Crippen LogP contribution in [0, 0.1) is 0 Å². The summed E-state index contributed by atoms with van der Waals surface area (Å²) >= 11 is 6.05. The molecule has 2 aromatic rings. The van der Waals surface area contributed by atoms with Crippen molar-refractivity contribution in [3.05, 3.63) is 29.0 Å². The van der Waals surface area contributed by atoms with Crippen LogP contribution in [0.4, 0.5) is 0 Å². The predicted molar refractivity (Wildman–Crippen MR) is 91.8 cm³/mol. The van der Waals surface area contributed by atoms with Crippen molar-refractivity contribution in [1.82, 2.24) is 9.80 Å². The largest absolute Gasteiger partial charge is 0.493 e. The van der Waals surface area contributed by atoms with Gasteiger partial charge in [-0.2, -0.15) is 0 Å². The van der Waals surface area contributed by atoms with Crippen molar-refractivity contribution < 1.29 is 19.1 Å². The molecule has 1 aliphatic rings. The molecule has 24 heavy (non-hydrogen) atoms. The van der Waals surface area contributed by atoms with E-state index in [2.05, 4.69) is 0 Å². The summed E-state index contributed by atoms with van der Waals surface area (Å²) in [7, 11) is 5.33. The van der Waals surface area contributed by atoms with Gasteiger partial charge in [0, 0.05) is 29.6 Å². The summed E-state index contributed by atoms with van der Waals surface area (Å²) in [4.78, 5) is 16.2. The van der Waals surface area contributed by atoms with Crippen LogP contribution in [0.1, 0.15) is 17.0 Å². The minimum absolute atomic E-state index is 0.222. The molecule has 1 amide bonds. The summed E-state index contributed by atoms with van der Waals surface area (Å²) in [5, 5.41) is 11.8. The number of fused-ring (bicyclic) bond motifs is 1. The summed E-state index contributed by atoms with van der Waals surface area (Å²) in [6, 6.07) is 5.04. The third kappa shape index (κ3) is 3.22. The van der Waals surface area contributed by atoms with Crippen LogP contribution in [0.25, 0.3) is 11.0 Å². The van der Waals surface area contributed by atoms with E-state index in [1.54, 1.807) is 23.1 Å². The summed E-state index contributed by atoms with van der Waals surface area (Å²) in [5.74, 6) is 0.473. The molecule has 0 bridgehead atoms. The lowest BCUT2D eigenvalue weighted by atomic mass is 10.0. The molecule has 0 aliphatic carbocycles. The number of hydrogen-bond acceptors (Lipinski definition) is 5. The SMILES string of the molecule is COc1cc(Cl)cc2cc(C(=O)N3CC[C@@](O)(CN(C)C)C3)oc12. The molecule has 1 N–H and O–H groups in total. The second-order valence-electron chi connectivity index (χ2n) is 6.58. The zero-order valence-corrected chi connectivity index (χ0v) is 14.8. The van der Waals surface area contributed by atoms with Gasteiger partial charge in [-0.25, -0.2) is 0 Å². The molecule has 130 valence electrons. The van der Waals surface area contributed by atoms with Gasteiger partial charge < -0.3 is 24.1 Å². The summed E-state index contributed by atoms with van der Waals surface area (Å²) in [6.45, 7) is 1.30. The van der Waals surface area contributed by atoms with Crippen LogP contribution in [-0.4, -0.2) is 67.3 Å². The standard InChI is InChI=1S/C17H21ClN2O4/c1-19(2)9-17(22)4-5-20(10-17)16(21)14-7-11-6-12(18)8-13(23-3)15(11)24-14/h6-8,22H,4-5,9-10H2,1-3H3/t17-/m1/s1. The van der Waals surface area contributed by atoms with Gasteiger partial charge in [0.25, 0.3) is 5.91 Å². The van der Waals surface area contributed by atoms with E-state index in [0.717, 1.165) is 0 Å². The first kappa shape index (κ1) is 17.1. The fourth-order valence-corrected chi connectivity index (χ4v) is 3.46.